The van der Waals surface area contributed by atoms with Gasteiger partial charge in [-0.3, -0.25) is 9.59 Å². The Hall–Kier alpha value is -3.43. The molecule has 0 aliphatic heterocycles. The highest BCUT2D eigenvalue weighted by Crippen LogP contribution is 2.31. The molecule has 0 unspecified atom stereocenters. The van der Waals surface area contributed by atoms with Crippen molar-refractivity contribution in [2.45, 2.75) is 10.9 Å². The zero-order valence-corrected chi connectivity index (χ0v) is 19.3. The number of benzene rings is 3. The lowest BCUT2D eigenvalue weighted by Crippen LogP contribution is -2.24. The number of ether oxygens (including phenoxy) is 1. The fourth-order valence-corrected chi connectivity index (χ4v) is 4.95. The normalized spacial score (nSPS) is 10.7. The topological polar surface area (TPSA) is 80.3 Å². The van der Waals surface area contributed by atoms with Crippen molar-refractivity contribution >= 4 is 50.8 Å². The van der Waals surface area contributed by atoms with E-state index in [0.29, 0.717) is 12.2 Å². The Bertz CT molecular complexity index is 1290. The Labute approximate surface area is 198 Å². The maximum absolute atomic E-state index is 13.8. The molecule has 33 heavy (non-hydrogen) atoms. The molecule has 1 aromatic heterocycles. The zero-order valence-electron chi connectivity index (χ0n) is 17.6. The van der Waals surface area contributed by atoms with Crippen LogP contribution in [-0.4, -0.2) is 29.7 Å². The molecule has 0 fully saturated rings. The second-order valence-electron chi connectivity index (χ2n) is 7.01. The van der Waals surface area contributed by atoms with Crippen molar-refractivity contribution in [2.75, 3.05) is 18.2 Å². The molecule has 0 spiro atoms. The smallest absolute Gasteiger partial charge is 0.258 e. The van der Waals surface area contributed by atoms with E-state index in [0.717, 1.165) is 25.9 Å². The van der Waals surface area contributed by atoms with E-state index < -0.39 is 11.7 Å². The van der Waals surface area contributed by atoms with Crippen LogP contribution in [0.2, 0.25) is 0 Å². The van der Waals surface area contributed by atoms with Gasteiger partial charge in [0.25, 0.3) is 5.91 Å². The van der Waals surface area contributed by atoms with Crippen molar-refractivity contribution < 1.29 is 18.7 Å². The second kappa shape index (κ2) is 10.5. The summed E-state index contributed by atoms with van der Waals surface area (Å²) in [6.07, 6.45) is 0. The summed E-state index contributed by atoms with van der Waals surface area (Å²) >= 11 is 2.78. The Balaban J connectivity index is 1.32. The number of rotatable bonds is 8. The van der Waals surface area contributed by atoms with Gasteiger partial charge in [0.1, 0.15) is 11.6 Å². The third kappa shape index (κ3) is 5.88. The summed E-state index contributed by atoms with van der Waals surface area (Å²) in [7, 11) is 1.61. The molecule has 0 bridgehead atoms. The van der Waals surface area contributed by atoms with E-state index in [2.05, 4.69) is 15.6 Å². The first-order chi connectivity index (χ1) is 16.0. The van der Waals surface area contributed by atoms with Crippen LogP contribution in [0.15, 0.2) is 71.1 Å². The Morgan fingerprint density at radius 1 is 1.09 bits per heavy atom. The van der Waals surface area contributed by atoms with E-state index in [-0.39, 0.29) is 17.2 Å². The fourth-order valence-electron chi connectivity index (χ4n) is 3.01. The first-order valence-corrected chi connectivity index (χ1v) is 11.8. The van der Waals surface area contributed by atoms with Gasteiger partial charge >= 0.3 is 0 Å². The molecule has 4 aromatic rings. The Morgan fingerprint density at radius 2 is 1.88 bits per heavy atom. The zero-order chi connectivity index (χ0) is 23.2. The lowest BCUT2D eigenvalue weighted by Gasteiger charge is -2.05. The molecule has 0 aliphatic rings. The number of hydrogen-bond acceptors (Lipinski definition) is 6. The molecule has 4 rings (SSSR count). The average Bonchev–Trinajstić information content (AvgIpc) is 3.24. The number of fused-ring (bicyclic) bond motifs is 1. The van der Waals surface area contributed by atoms with Crippen molar-refractivity contribution in [3.63, 3.8) is 0 Å². The van der Waals surface area contributed by atoms with Gasteiger partial charge in [-0.2, -0.15) is 0 Å². The minimum atomic E-state index is -0.571. The number of nitrogens with zero attached hydrogens (tertiary/aromatic N) is 1. The maximum atomic E-state index is 13.8. The first-order valence-electron chi connectivity index (χ1n) is 10.0. The van der Waals surface area contributed by atoms with Gasteiger partial charge in [0.05, 0.1) is 28.6 Å². The number of thioether (sulfide) groups is 1. The summed E-state index contributed by atoms with van der Waals surface area (Å²) < 4.78 is 20.6. The summed E-state index contributed by atoms with van der Waals surface area (Å²) in [5, 5.41) is 5.60. The van der Waals surface area contributed by atoms with Crippen LogP contribution in [0.4, 0.5) is 10.1 Å². The largest absolute Gasteiger partial charge is 0.497 e. The third-order valence-electron chi connectivity index (χ3n) is 4.72. The standard InChI is InChI=1S/C24H20FN3O3S2/c1-31-17-9-6-15(7-10-17)13-26-22(29)14-32-24-28-20-11-8-16(12-21(20)33-24)27-23(30)18-4-2-3-5-19(18)25/h2-12H,13-14H2,1H3,(H,26,29)(H,27,30). The molecule has 0 saturated carbocycles. The minimum Gasteiger partial charge on any atom is -0.497 e. The molecule has 6 nitrogen and oxygen atoms in total. The monoisotopic (exact) mass is 481 g/mol. The van der Waals surface area contributed by atoms with Crippen LogP contribution in [0.3, 0.4) is 0 Å². The van der Waals surface area contributed by atoms with Crippen molar-refractivity contribution in [3.8, 4) is 5.75 Å². The van der Waals surface area contributed by atoms with Gasteiger partial charge < -0.3 is 15.4 Å². The quantitative estimate of drug-likeness (QED) is 0.342. The molecule has 0 saturated heterocycles. The number of methoxy groups -OCH3 is 1. The fraction of sp³-hybridized carbons (Fsp3) is 0.125. The SMILES string of the molecule is COc1ccc(CNC(=O)CSc2nc3ccc(NC(=O)c4ccccc4F)cc3s2)cc1. The maximum Gasteiger partial charge on any atom is 0.258 e. The second-order valence-corrected chi connectivity index (χ2v) is 9.26. The predicted octanol–water partition coefficient (Wildman–Crippen LogP) is 5.10. The van der Waals surface area contributed by atoms with Crippen molar-refractivity contribution in [2.24, 2.45) is 0 Å². The summed E-state index contributed by atoms with van der Waals surface area (Å²) in [4.78, 5) is 29.1. The van der Waals surface area contributed by atoms with E-state index in [1.807, 2.05) is 24.3 Å². The number of carbonyl (C=O) groups is 2. The lowest BCUT2D eigenvalue weighted by molar-refractivity contribution is -0.118. The van der Waals surface area contributed by atoms with Crippen molar-refractivity contribution in [1.29, 1.82) is 0 Å². The van der Waals surface area contributed by atoms with Crippen molar-refractivity contribution in [3.05, 3.63) is 83.7 Å². The summed E-state index contributed by atoms with van der Waals surface area (Å²) in [5.74, 6) is -0.162. The number of thiazole rings is 1. The van der Waals surface area contributed by atoms with Gasteiger partial charge in [0.2, 0.25) is 5.91 Å². The highest BCUT2D eigenvalue weighted by atomic mass is 32.2. The van der Waals surface area contributed by atoms with Crippen LogP contribution in [0.5, 0.6) is 5.75 Å². The number of hydrogen-bond donors (Lipinski definition) is 2. The van der Waals surface area contributed by atoms with Crippen LogP contribution in [0.1, 0.15) is 15.9 Å². The number of carbonyl (C=O) groups excluding carboxylic acids is 2. The molecule has 2 N–H and O–H groups in total. The van der Waals surface area contributed by atoms with Crippen LogP contribution in [0, 0.1) is 5.82 Å². The van der Waals surface area contributed by atoms with Crippen LogP contribution < -0.4 is 15.4 Å². The third-order valence-corrected chi connectivity index (χ3v) is 6.88. The number of nitrogens with one attached hydrogen (secondary N) is 2. The molecule has 1 heterocycles. The molecule has 0 aliphatic carbocycles. The predicted molar refractivity (Wildman–Crippen MR) is 130 cm³/mol. The van der Waals surface area contributed by atoms with Crippen LogP contribution >= 0.6 is 23.1 Å². The highest BCUT2D eigenvalue weighted by Gasteiger charge is 2.13. The van der Waals surface area contributed by atoms with Gasteiger partial charge in [0, 0.05) is 12.2 Å². The van der Waals surface area contributed by atoms with Gasteiger partial charge in [-0.1, -0.05) is 36.0 Å². The number of halogens is 1. The molecule has 3 aromatic carbocycles. The van der Waals surface area contributed by atoms with E-state index in [4.69, 9.17) is 4.74 Å². The molecule has 0 radical (unpaired) electrons. The Morgan fingerprint density at radius 3 is 2.64 bits per heavy atom. The van der Waals surface area contributed by atoms with Crippen LogP contribution in [0.25, 0.3) is 10.2 Å². The first kappa shape index (κ1) is 22.8. The molecule has 2 amide bonds. The minimum absolute atomic E-state index is 0.0150. The summed E-state index contributed by atoms with van der Waals surface area (Å²) in [6.45, 7) is 0.439. The van der Waals surface area contributed by atoms with Gasteiger partial charge in [0.15, 0.2) is 4.34 Å². The Kier molecular flexibility index (Phi) is 7.21. The van der Waals surface area contributed by atoms with Gasteiger partial charge in [-0.05, 0) is 48.0 Å². The van der Waals surface area contributed by atoms with E-state index >= 15 is 0 Å². The molecular formula is C24H20FN3O3S2. The van der Waals surface area contributed by atoms with Crippen molar-refractivity contribution in [1.82, 2.24) is 10.3 Å². The van der Waals surface area contributed by atoms with Crippen LogP contribution in [-0.2, 0) is 11.3 Å². The summed E-state index contributed by atoms with van der Waals surface area (Å²) in [6, 6.07) is 18.6. The summed E-state index contributed by atoms with van der Waals surface area (Å²) in [5.41, 5.74) is 2.29. The number of amides is 2. The molecular weight excluding hydrogens is 461 g/mol. The number of aromatic nitrogens is 1. The number of anilines is 1. The lowest BCUT2D eigenvalue weighted by atomic mass is 10.2. The van der Waals surface area contributed by atoms with E-state index in [1.165, 1.54) is 41.3 Å². The van der Waals surface area contributed by atoms with E-state index in [9.17, 15) is 14.0 Å². The molecule has 168 valence electrons. The van der Waals surface area contributed by atoms with Gasteiger partial charge in [-0.15, -0.1) is 11.3 Å². The average molecular weight is 482 g/mol. The molecule has 9 heteroatoms. The molecule has 0 atom stereocenters. The highest BCUT2D eigenvalue weighted by molar-refractivity contribution is 8.01. The van der Waals surface area contributed by atoms with Gasteiger partial charge in [-0.25, -0.2) is 9.37 Å². The van der Waals surface area contributed by atoms with E-state index in [1.54, 1.807) is 31.4 Å².